The van der Waals surface area contributed by atoms with Crippen LogP contribution in [0.5, 0.6) is 5.75 Å². The topological polar surface area (TPSA) is 27.1 Å². The first-order valence-electron chi connectivity index (χ1n) is 7.06. The van der Waals surface area contributed by atoms with Gasteiger partial charge in [0.1, 0.15) is 18.2 Å². The number of hydrogen-bond donors (Lipinski definition) is 0. The Hall–Kier alpha value is -1.77. The number of rotatable bonds is 4. The summed E-state index contributed by atoms with van der Waals surface area (Å²) in [6, 6.07) is 6.45. The highest BCUT2D eigenvalue weighted by Gasteiger charge is 2.13. The van der Waals surface area contributed by atoms with Crippen molar-refractivity contribution in [3.63, 3.8) is 0 Å². The molecule has 0 fully saturated rings. The first-order valence-corrected chi connectivity index (χ1v) is 7.06. The Morgan fingerprint density at radius 2 is 2.16 bits per heavy atom. The smallest absolute Gasteiger partial charge is 0.122 e. The van der Waals surface area contributed by atoms with E-state index in [2.05, 4.69) is 27.8 Å². The van der Waals surface area contributed by atoms with E-state index >= 15 is 0 Å². The minimum absolute atomic E-state index is 0.702. The summed E-state index contributed by atoms with van der Waals surface area (Å²) in [6.45, 7) is 3.58. The highest BCUT2D eigenvalue weighted by molar-refractivity contribution is 5.41. The maximum Gasteiger partial charge on any atom is 0.122 e. The molecular formula is C16H20N2O. The number of imidazole rings is 1. The Morgan fingerprint density at radius 3 is 3.00 bits per heavy atom. The van der Waals surface area contributed by atoms with Gasteiger partial charge in [-0.25, -0.2) is 4.98 Å². The van der Waals surface area contributed by atoms with Crippen LogP contribution in [-0.2, 0) is 19.4 Å². The van der Waals surface area contributed by atoms with Crippen molar-refractivity contribution in [2.24, 2.45) is 0 Å². The van der Waals surface area contributed by atoms with E-state index in [1.807, 2.05) is 19.3 Å². The molecule has 0 bridgehead atoms. The van der Waals surface area contributed by atoms with Gasteiger partial charge in [0.2, 0.25) is 0 Å². The predicted molar refractivity (Wildman–Crippen MR) is 75.5 cm³/mol. The van der Waals surface area contributed by atoms with E-state index in [1.54, 1.807) is 0 Å². The second-order valence-electron chi connectivity index (χ2n) is 5.12. The van der Waals surface area contributed by atoms with E-state index in [4.69, 9.17) is 4.74 Å². The van der Waals surface area contributed by atoms with Gasteiger partial charge in [-0.15, -0.1) is 0 Å². The number of aryl methyl sites for hydroxylation is 2. The lowest BCUT2D eigenvalue weighted by atomic mass is 9.91. The van der Waals surface area contributed by atoms with Crippen molar-refractivity contribution < 1.29 is 4.74 Å². The van der Waals surface area contributed by atoms with Gasteiger partial charge in [-0.2, -0.15) is 0 Å². The normalized spacial score (nSPS) is 14.2. The number of fused-ring (bicyclic) bond motifs is 1. The molecule has 0 amide bonds. The van der Waals surface area contributed by atoms with Crippen LogP contribution in [0.1, 0.15) is 29.8 Å². The Morgan fingerprint density at radius 1 is 1.26 bits per heavy atom. The fourth-order valence-corrected chi connectivity index (χ4v) is 2.78. The van der Waals surface area contributed by atoms with Crippen LogP contribution < -0.4 is 4.74 Å². The third-order valence-electron chi connectivity index (χ3n) is 3.87. The molecule has 0 unspecified atom stereocenters. The van der Waals surface area contributed by atoms with Crippen LogP contribution in [0, 0.1) is 6.92 Å². The van der Waals surface area contributed by atoms with E-state index in [9.17, 15) is 0 Å². The van der Waals surface area contributed by atoms with Crippen LogP contribution in [0.25, 0.3) is 0 Å². The van der Waals surface area contributed by atoms with Gasteiger partial charge in [-0.1, -0.05) is 12.1 Å². The maximum absolute atomic E-state index is 5.98. The van der Waals surface area contributed by atoms with Crippen LogP contribution in [0.3, 0.4) is 0 Å². The van der Waals surface area contributed by atoms with Crippen molar-refractivity contribution in [2.75, 3.05) is 6.61 Å². The molecule has 3 rings (SSSR count). The van der Waals surface area contributed by atoms with Crippen molar-refractivity contribution in [1.82, 2.24) is 9.55 Å². The number of benzene rings is 1. The van der Waals surface area contributed by atoms with Gasteiger partial charge >= 0.3 is 0 Å². The molecule has 1 aromatic heterocycles. The third-order valence-corrected chi connectivity index (χ3v) is 3.87. The zero-order chi connectivity index (χ0) is 13.1. The lowest BCUT2D eigenvalue weighted by Crippen LogP contribution is -2.11. The van der Waals surface area contributed by atoms with E-state index in [1.165, 1.54) is 30.4 Å². The zero-order valence-corrected chi connectivity index (χ0v) is 11.4. The van der Waals surface area contributed by atoms with Crippen LogP contribution in [-0.4, -0.2) is 16.2 Å². The summed E-state index contributed by atoms with van der Waals surface area (Å²) < 4.78 is 8.10. The summed E-state index contributed by atoms with van der Waals surface area (Å²) in [6.07, 6.45) is 8.79. The molecule has 2 aromatic rings. The second kappa shape index (κ2) is 5.47. The van der Waals surface area contributed by atoms with Gasteiger partial charge in [0.15, 0.2) is 0 Å². The molecule has 1 aliphatic carbocycles. The summed E-state index contributed by atoms with van der Waals surface area (Å²) in [4.78, 5) is 4.22. The lowest BCUT2D eigenvalue weighted by molar-refractivity contribution is 0.293. The van der Waals surface area contributed by atoms with Crippen molar-refractivity contribution in [1.29, 1.82) is 0 Å². The van der Waals surface area contributed by atoms with Crippen LogP contribution in [0.4, 0.5) is 0 Å². The molecule has 0 aliphatic heterocycles. The molecule has 0 saturated heterocycles. The predicted octanol–water partition coefficient (Wildman–Crippen LogP) is 3.15. The molecule has 0 atom stereocenters. The van der Waals surface area contributed by atoms with Crippen molar-refractivity contribution in [2.45, 2.75) is 39.2 Å². The van der Waals surface area contributed by atoms with E-state index < -0.39 is 0 Å². The fourth-order valence-electron chi connectivity index (χ4n) is 2.78. The molecule has 1 heterocycles. The molecule has 3 nitrogen and oxygen atoms in total. The number of aromatic nitrogens is 2. The minimum atomic E-state index is 0.702. The maximum atomic E-state index is 5.98. The van der Waals surface area contributed by atoms with Crippen LogP contribution in [0.15, 0.2) is 30.6 Å². The monoisotopic (exact) mass is 256 g/mol. The summed E-state index contributed by atoms with van der Waals surface area (Å²) in [5.41, 5.74) is 2.90. The zero-order valence-electron chi connectivity index (χ0n) is 11.4. The summed E-state index contributed by atoms with van der Waals surface area (Å²) >= 11 is 0. The summed E-state index contributed by atoms with van der Waals surface area (Å²) in [7, 11) is 0. The quantitative estimate of drug-likeness (QED) is 0.840. The summed E-state index contributed by atoms with van der Waals surface area (Å²) in [5.74, 6) is 2.12. The summed E-state index contributed by atoms with van der Waals surface area (Å²) in [5, 5.41) is 0. The Bertz CT molecular complexity index is 560. The first-order chi connectivity index (χ1) is 9.34. The van der Waals surface area contributed by atoms with Crippen molar-refractivity contribution in [3.05, 3.63) is 47.5 Å². The standard InChI is InChI=1S/C16H20N2O/c1-13-17-9-10-18(13)11-12-19-16-8-4-6-14-5-2-3-7-15(14)16/h4,6,8-10H,2-3,5,7,11-12H2,1H3. The molecule has 0 N–H and O–H groups in total. The molecule has 0 saturated carbocycles. The molecule has 19 heavy (non-hydrogen) atoms. The highest BCUT2D eigenvalue weighted by atomic mass is 16.5. The number of nitrogens with zero attached hydrogens (tertiary/aromatic N) is 2. The second-order valence-corrected chi connectivity index (χ2v) is 5.12. The third kappa shape index (κ3) is 2.65. The van der Waals surface area contributed by atoms with Crippen LogP contribution in [0.2, 0.25) is 0 Å². The van der Waals surface area contributed by atoms with E-state index in [0.29, 0.717) is 6.61 Å². The van der Waals surface area contributed by atoms with Gasteiger partial charge in [0, 0.05) is 12.4 Å². The fraction of sp³-hybridized carbons (Fsp3) is 0.438. The SMILES string of the molecule is Cc1nccn1CCOc1cccc2c1CCCC2. The van der Waals surface area contributed by atoms with Crippen LogP contribution >= 0.6 is 0 Å². The average molecular weight is 256 g/mol. The van der Waals surface area contributed by atoms with E-state index in [-0.39, 0.29) is 0 Å². The average Bonchev–Trinajstić information content (AvgIpc) is 2.85. The molecule has 3 heteroatoms. The Balaban J connectivity index is 1.66. The van der Waals surface area contributed by atoms with Crippen molar-refractivity contribution in [3.8, 4) is 5.75 Å². The Labute approximate surface area is 114 Å². The largest absolute Gasteiger partial charge is 0.491 e. The van der Waals surface area contributed by atoms with Gasteiger partial charge in [0.05, 0.1) is 6.54 Å². The van der Waals surface area contributed by atoms with Gasteiger partial charge < -0.3 is 9.30 Å². The first kappa shape index (κ1) is 12.3. The molecule has 100 valence electrons. The van der Waals surface area contributed by atoms with Gasteiger partial charge in [0.25, 0.3) is 0 Å². The molecule has 0 spiro atoms. The minimum Gasteiger partial charge on any atom is -0.491 e. The van der Waals surface area contributed by atoms with Gasteiger partial charge in [-0.3, -0.25) is 0 Å². The molecule has 0 radical (unpaired) electrons. The Kier molecular flexibility index (Phi) is 3.53. The number of hydrogen-bond acceptors (Lipinski definition) is 2. The van der Waals surface area contributed by atoms with Crippen molar-refractivity contribution >= 4 is 0 Å². The van der Waals surface area contributed by atoms with E-state index in [0.717, 1.165) is 24.5 Å². The lowest BCUT2D eigenvalue weighted by Gasteiger charge is -2.19. The molecule has 1 aliphatic rings. The number of ether oxygens (including phenoxy) is 1. The molecule has 1 aromatic carbocycles. The highest BCUT2D eigenvalue weighted by Crippen LogP contribution is 2.29. The molecular weight excluding hydrogens is 236 g/mol. The van der Waals surface area contributed by atoms with Gasteiger partial charge in [-0.05, 0) is 49.8 Å².